The first-order valence-corrected chi connectivity index (χ1v) is 7.52. The van der Waals surface area contributed by atoms with Crippen LogP contribution in [0, 0.1) is 5.82 Å². The zero-order valence-electron chi connectivity index (χ0n) is 11.8. The van der Waals surface area contributed by atoms with E-state index in [2.05, 4.69) is 11.8 Å². The van der Waals surface area contributed by atoms with Crippen molar-refractivity contribution in [3.05, 3.63) is 34.6 Å². The van der Waals surface area contributed by atoms with Gasteiger partial charge in [0.25, 0.3) is 0 Å². The van der Waals surface area contributed by atoms with Gasteiger partial charge < -0.3 is 10.5 Å². The molecule has 0 radical (unpaired) electrons. The molecule has 20 heavy (non-hydrogen) atoms. The number of ether oxygens (including phenoxy) is 1. The molecule has 0 aromatic heterocycles. The molecule has 2 atom stereocenters. The van der Waals surface area contributed by atoms with Crippen LogP contribution in [0.1, 0.15) is 18.9 Å². The van der Waals surface area contributed by atoms with E-state index in [1.54, 1.807) is 12.1 Å². The summed E-state index contributed by atoms with van der Waals surface area (Å²) in [6.07, 6.45) is 1.45. The maximum absolute atomic E-state index is 13.8. The molecule has 1 heterocycles. The van der Waals surface area contributed by atoms with E-state index in [1.165, 1.54) is 6.07 Å². The molecular formula is C15H22ClFN2O. The van der Waals surface area contributed by atoms with Gasteiger partial charge in [0.1, 0.15) is 5.82 Å². The molecule has 2 unspecified atom stereocenters. The summed E-state index contributed by atoms with van der Waals surface area (Å²) in [5.41, 5.74) is 6.68. The molecule has 1 saturated heterocycles. The highest BCUT2D eigenvalue weighted by molar-refractivity contribution is 6.31. The molecule has 0 amide bonds. The van der Waals surface area contributed by atoms with E-state index in [0.717, 1.165) is 26.1 Å². The van der Waals surface area contributed by atoms with E-state index in [0.29, 0.717) is 23.6 Å². The molecule has 3 nitrogen and oxygen atoms in total. The lowest BCUT2D eigenvalue weighted by atomic mass is 10.00. The molecule has 0 aliphatic carbocycles. The molecule has 0 spiro atoms. The summed E-state index contributed by atoms with van der Waals surface area (Å²) in [6, 6.07) is 4.47. The average molecular weight is 301 g/mol. The summed E-state index contributed by atoms with van der Waals surface area (Å²) >= 11 is 6.04. The van der Waals surface area contributed by atoms with Gasteiger partial charge in [-0.2, -0.15) is 0 Å². The smallest absolute Gasteiger partial charge is 0.127 e. The number of nitrogens with zero attached hydrogens (tertiary/aromatic N) is 1. The summed E-state index contributed by atoms with van der Waals surface area (Å²) in [7, 11) is 0. The van der Waals surface area contributed by atoms with Crippen LogP contribution in [0.2, 0.25) is 5.02 Å². The van der Waals surface area contributed by atoms with Crippen LogP contribution in [0.5, 0.6) is 0 Å². The molecule has 2 rings (SSSR count). The Kier molecular flexibility index (Phi) is 5.78. The van der Waals surface area contributed by atoms with Crippen molar-refractivity contribution in [1.82, 2.24) is 4.90 Å². The van der Waals surface area contributed by atoms with Gasteiger partial charge in [0.2, 0.25) is 0 Å². The van der Waals surface area contributed by atoms with Crippen LogP contribution >= 0.6 is 11.6 Å². The number of benzene rings is 1. The Morgan fingerprint density at radius 2 is 2.35 bits per heavy atom. The van der Waals surface area contributed by atoms with Crippen LogP contribution in [0.15, 0.2) is 18.2 Å². The monoisotopic (exact) mass is 300 g/mol. The number of hydrogen-bond acceptors (Lipinski definition) is 3. The summed E-state index contributed by atoms with van der Waals surface area (Å²) < 4.78 is 19.5. The van der Waals surface area contributed by atoms with Crippen LogP contribution in [0.4, 0.5) is 4.39 Å². The fourth-order valence-electron chi connectivity index (χ4n) is 2.60. The first kappa shape index (κ1) is 15.7. The van der Waals surface area contributed by atoms with Crippen LogP contribution in [0.3, 0.4) is 0 Å². The average Bonchev–Trinajstić information content (AvgIpc) is 2.43. The van der Waals surface area contributed by atoms with Gasteiger partial charge in [-0.15, -0.1) is 0 Å². The van der Waals surface area contributed by atoms with E-state index in [-0.39, 0.29) is 18.0 Å². The topological polar surface area (TPSA) is 38.5 Å². The molecule has 2 N–H and O–H groups in total. The van der Waals surface area contributed by atoms with Crippen molar-refractivity contribution < 1.29 is 9.13 Å². The highest BCUT2D eigenvalue weighted by Gasteiger charge is 2.26. The Labute approximate surface area is 124 Å². The largest absolute Gasteiger partial charge is 0.374 e. The fourth-order valence-corrected chi connectivity index (χ4v) is 2.84. The SMILES string of the molecule is CCCN1CCOC(C(N)Cc2c(F)cccc2Cl)C1. The van der Waals surface area contributed by atoms with Crippen molar-refractivity contribution >= 4 is 11.6 Å². The predicted octanol–water partition coefficient (Wildman–Crippen LogP) is 2.46. The highest BCUT2D eigenvalue weighted by Crippen LogP contribution is 2.22. The van der Waals surface area contributed by atoms with E-state index in [4.69, 9.17) is 22.1 Å². The molecule has 5 heteroatoms. The number of halogens is 2. The van der Waals surface area contributed by atoms with Gasteiger partial charge in [-0.3, -0.25) is 4.90 Å². The third-order valence-corrected chi connectivity index (χ3v) is 4.05. The van der Waals surface area contributed by atoms with Crippen LogP contribution in [0.25, 0.3) is 0 Å². The van der Waals surface area contributed by atoms with Gasteiger partial charge in [-0.05, 0) is 31.5 Å². The van der Waals surface area contributed by atoms with E-state index >= 15 is 0 Å². The van der Waals surface area contributed by atoms with Gasteiger partial charge in [-0.25, -0.2) is 4.39 Å². The summed E-state index contributed by atoms with van der Waals surface area (Å²) in [5, 5.41) is 0.432. The van der Waals surface area contributed by atoms with Crippen LogP contribution in [-0.4, -0.2) is 43.3 Å². The first-order chi connectivity index (χ1) is 9.61. The lowest BCUT2D eigenvalue weighted by molar-refractivity contribution is -0.0401. The van der Waals surface area contributed by atoms with Crippen LogP contribution < -0.4 is 5.73 Å². The van der Waals surface area contributed by atoms with Crippen molar-refractivity contribution in [2.45, 2.75) is 31.9 Å². The van der Waals surface area contributed by atoms with Gasteiger partial charge in [-0.1, -0.05) is 24.6 Å². The number of morpholine rings is 1. The van der Waals surface area contributed by atoms with Crippen molar-refractivity contribution in [2.24, 2.45) is 5.73 Å². The maximum Gasteiger partial charge on any atom is 0.127 e. The van der Waals surface area contributed by atoms with E-state index in [1.807, 2.05) is 0 Å². The lowest BCUT2D eigenvalue weighted by Crippen LogP contribution is -2.51. The normalized spacial score (nSPS) is 21.9. The van der Waals surface area contributed by atoms with Crippen molar-refractivity contribution in [3.63, 3.8) is 0 Å². The summed E-state index contributed by atoms with van der Waals surface area (Å²) in [6.45, 7) is 5.64. The molecule has 1 aliphatic rings. The number of hydrogen-bond donors (Lipinski definition) is 1. The zero-order chi connectivity index (χ0) is 14.5. The third-order valence-electron chi connectivity index (χ3n) is 3.70. The van der Waals surface area contributed by atoms with Gasteiger partial charge in [0, 0.05) is 29.7 Å². The van der Waals surface area contributed by atoms with Crippen LogP contribution in [-0.2, 0) is 11.2 Å². The second kappa shape index (κ2) is 7.36. The molecule has 0 saturated carbocycles. The van der Waals surface area contributed by atoms with E-state index in [9.17, 15) is 4.39 Å². The van der Waals surface area contributed by atoms with Crippen molar-refractivity contribution in [1.29, 1.82) is 0 Å². The highest BCUT2D eigenvalue weighted by atomic mass is 35.5. The summed E-state index contributed by atoms with van der Waals surface area (Å²) in [4.78, 5) is 2.34. The Bertz CT molecular complexity index is 422. The van der Waals surface area contributed by atoms with Crippen molar-refractivity contribution in [3.8, 4) is 0 Å². The quantitative estimate of drug-likeness (QED) is 0.908. The Morgan fingerprint density at radius 3 is 3.05 bits per heavy atom. The number of nitrogens with two attached hydrogens (primary N) is 1. The standard InChI is InChI=1S/C15H22ClFN2O/c1-2-6-19-7-8-20-15(10-19)14(18)9-11-12(16)4-3-5-13(11)17/h3-5,14-15H,2,6-10,18H2,1H3. The van der Waals surface area contributed by atoms with Crippen molar-refractivity contribution in [2.75, 3.05) is 26.2 Å². The zero-order valence-corrected chi connectivity index (χ0v) is 12.6. The molecule has 1 aromatic rings. The second-order valence-corrected chi connectivity index (χ2v) is 5.69. The Morgan fingerprint density at radius 1 is 1.55 bits per heavy atom. The molecule has 112 valence electrons. The third kappa shape index (κ3) is 3.92. The van der Waals surface area contributed by atoms with Gasteiger partial charge in [0.15, 0.2) is 0 Å². The first-order valence-electron chi connectivity index (χ1n) is 7.14. The molecule has 1 aromatic carbocycles. The lowest BCUT2D eigenvalue weighted by Gasteiger charge is -2.35. The molecular weight excluding hydrogens is 279 g/mol. The second-order valence-electron chi connectivity index (χ2n) is 5.28. The van der Waals surface area contributed by atoms with E-state index < -0.39 is 0 Å². The minimum absolute atomic E-state index is 0.0639. The minimum Gasteiger partial charge on any atom is -0.374 e. The molecule has 1 fully saturated rings. The predicted molar refractivity (Wildman–Crippen MR) is 79.6 cm³/mol. The number of rotatable bonds is 5. The minimum atomic E-state index is -0.297. The Balaban J connectivity index is 1.99. The Hall–Kier alpha value is -0.680. The van der Waals surface area contributed by atoms with Gasteiger partial charge in [0.05, 0.1) is 12.7 Å². The van der Waals surface area contributed by atoms with Gasteiger partial charge >= 0.3 is 0 Å². The summed E-state index contributed by atoms with van der Waals surface area (Å²) in [5.74, 6) is -0.297. The molecule has 0 bridgehead atoms. The fraction of sp³-hybridized carbons (Fsp3) is 0.600. The molecule has 1 aliphatic heterocycles. The maximum atomic E-state index is 13.8.